The average molecular weight is 183 g/mol. The van der Waals surface area contributed by atoms with Gasteiger partial charge in [-0.15, -0.1) is 0 Å². The molecule has 1 atom stereocenters. The van der Waals surface area contributed by atoms with Crippen LogP contribution in [0, 0.1) is 13.8 Å². The third kappa shape index (κ3) is 1.71. The highest BCUT2D eigenvalue weighted by molar-refractivity contribution is 5.76. The summed E-state index contributed by atoms with van der Waals surface area (Å²) >= 11 is 0. The van der Waals surface area contributed by atoms with Crippen molar-refractivity contribution in [2.45, 2.75) is 33.1 Å². The maximum Gasteiger partial charge on any atom is 0.311 e. The summed E-state index contributed by atoms with van der Waals surface area (Å²) in [5, 5.41) is 12.7. The molecule has 1 rings (SSSR count). The highest BCUT2D eigenvalue weighted by Gasteiger charge is 2.24. The summed E-state index contributed by atoms with van der Waals surface area (Å²) in [4.78, 5) is 10.9. The third-order valence-corrected chi connectivity index (χ3v) is 2.14. The fourth-order valence-corrected chi connectivity index (χ4v) is 1.49. The molecule has 0 spiro atoms. The van der Waals surface area contributed by atoms with Crippen LogP contribution in [-0.2, 0) is 4.79 Å². The number of hydrogen-bond donors (Lipinski definition) is 1. The zero-order chi connectivity index (χ0) is 10.0. The summed E-state index contributed by atoms with van der Waals surface area (Å²) in [6, 6.07) is 0. The van der Waals surface area contributed by atoms with Gasteiger partial charge in [0.15, 0.2) is 0 Å². The zero-order valence-corrected chi connectivity index (χ0v) is 8.00. The standard InChI is InChI=1S/C9H13NO3/c1-4-7(9(11)12)8-5(2)10-13-6(8)3/h7H,4H2,1-3H3,(H,11,12). The number of hydrogen-bond acceptors (Lipinski definition) is 3. The molecule has 1 aromatic rings. The van der Waals surface area contributed by atoms with Gasteiger partial charge in [-0.1, -0.05) is 12.1 Å². The Bertz CT molecular complexity index is 297. The minimum atomic E-state index is -0.822. The second-order valence-corrected chi connectivity index (χ2v) is 3.04. The van der Waals surface area contributed by atoms with Crippen LogP contribution in [0.15, 0.2) is 4.52 Å². The van der Waals surface area contributed by atoms with Crippen LogP contribution in [0.25, 0.3) is 0 Å². The zero-order valence-electron chi connectivity index (χ0n) is 8.00. The number of aromatic nitrogens is 1. The SMILES string of the molecule is CCC(C(=O)O)c1c(C)noc1C. The number of carboxylic acids is 1. The van der Waals surface area contributed by atoms with E-state index in [2.05, 4.69) is 5.16 Å². The van der Waals surface area contributed by atoms with Crippen LogP contribution >= 0.6 is 0 Å². The normalized spacial score (nSPS) is 12.8. The molecule has 72 valence electrons. The predicted octanol–water partition coefficient (Wildman–Crippen LogP) is 1.87. The average Bonchev–Trinajstić information content (AvgIpc) is 2.36. The first-order chi connectivity index (χ1) is 6.07. The summed E-state index contributed by atoms with van der Waals surface area (Å²) in [6.45, 7) is 5.34. The van der Waals surface area contributed by atoms with Crippen LogP contribution in [0.5, 0.6) is 0 Å². The van der Waals surface area contributed by atoms with Crippen molar-refractivity contribution in [1.29, 1.82) is 0 Å². The third-order valence-electron chi connectivity index (χ3n) is 2.14. The van der Waals surface area contributed by atoms with Gasteiger partial charge in [0.25, 0.3) is 0 Å². The smallest absolute Gasteiger partial charge is 0.311 e. The van der Waals surface area contributed by atoms with Crippen molar-refractivity contribution in [3.05, 3.63) is 17.0 Å². The van der Waals surface area contributed by atoms with Crippen molar-refractivity contribution in [3.63, 3.8) is 0 Å². The maximum absolute atomic E-state index is 10.9. The number of rotatable bonds is 3. The molecule has 0 bridgehead atoms. The van der Waals surface area contributed by atoms with Crippen molar-refractivity contribution in [1.82, 2.24) is 5.16 Å². The van der Waals surface area contributed by atoms with Crippen LogP contribution in [-0.4, -0.2) is 16.2 Å². The van der Waals surface area contributed by atoms with E-state index in [1.54, 1.807) is 13.8 Å². The molecule has 4 nitrogen and oxygen atoms in total. The predicted molar refractivity (Wildman–Crippen MR) is 46.6 cm³/mol. The van der Waals surface area contributed by atoms with Gasteiger partial charge in [0.2, 0.25) is 0 Å². The summed E-state index contributed by atoms with van der Waals surface area (Å²) in [7, 11) is 0. The molecule has 0 aliphatic carbocycles. The van der Waals surface area contributed by atoms with Crippen molar-refractivity contribution >= 4 is 5.97 Å². The first-order valence-corrected chi connectivity index (χ1v) is 4.23. The summed E-state index contributed by atoms with van der Waals surface area (Å²) in [5.74, 6) is -0.713. The van der Waals surface area contributed by atoms with Crippen molar-refractivity contribution in [2.75, 3.05) is 0 Å². The quantitative estimate of drug-likeness (QED) is 0.776. The first kappa shape index (κ1) is 9.77. The van der Waals surface area contributed by atoms with Crippen LogP contribution in [0.3, 0.4) is 0 Å². The molecular formula is C9H13NO3. The Morgan fingerprint density at radius 2 is 2.23 bits per heavy atom. The van der Waals surface area contributed by atoms with E-state index in [9.17, 15) is 4.79 Å². The lowest BCUT2D eigenvalue weighted by Crippen LogP contribution is -2.11. The molecule has 13 heavy (non-hydrogen) atoms. The van der Waals surface area contributed by atoms with Gasteiger partial charge in [0.05, 0.1) is 11.6 Å². The number of carboxylic acid groups (broad SMARTS) is 1. The van der Waals surface area contributed by atoms with Gasteiger partial charge >= 0.3 is 5.97 Å². The molecule has 1 N–H and O–H groups in total. The lowest BCUT2D eigenvalue weighted by Gasteiger charge is -2.07. The lowest BCUT2D eigenvalue weighted by molar-refractivity contribution is -0.138. The fraction of sp³-hybridized carbons (Fsp3) is 0.556. The Morgan fingerprint density at radius 3 is 2.54 bits per heavy atom. The van der Waals surface area contributed by atoms with Gasteiger partial charge in [-0.25, -0.2) is 0 Å². The Hall–Kier alpha value is -1.32. The van der Waals surface area contributed by atoms with Crippen molar-refractivity contribution in [3.8, 4) is 0 Å². The molecule has 0 saturated heterocycles. The van der Waals surface area contributed by atoms with Crippen LogP contribution in [0.1, 0.15) is 36.3 Å². The maximum atomic E-state index is 10.9. The van der Waals surface area contributed by atoms with E-state index in [1.165, 1.54) is 0 Å². The minimum absolute atomic E-state index is 0.494. The number of nitrogens with zero attached hydrogens (tertiary/aromatic N) is 1. The Kier molecular flexibility index (Phi) is 2.70. The van der Waals surface area contributed by atoms with E-state index in [1.807, 2.05) is 6.92 Å². The summed E-state index contributed by atoms with van der Waals surface area (Å²) in [6.07, 6.45) is 0.554. The molecule has 0 amide bonds. The van der Waals surface area contributed by atoms with E-state index in [0.717, 1.165) is 5.56 Å². The summed E-state index contributed by atoms with van der Waals surface area (Å²) < 4.78 is 4.91. The van der Waals surface area contributed by atoms with E-state index in [-0.39, 0.29) is 0 Å². The van der Waals surface area contributed by atoms with Gasteiger partial charge in [0.1, 0.15) is 5.76 Å². The molecule has 1 heterocycles. The van der Waals surface area contributed by atoms with Crippen LogP contribution in [0.2, 0.25) is 0 Å². The molecule has 0 aromatic carbocycles. The van der Waals surface area contributed by atoms with Crippen LogP contribution < -0.4 is 0 Å². The molecule has 0 fully saturated rings. The van der Waals surface area contributed by atoms with E-state index >= 15 is 0 Å². The van der Waals surface area contributed by atoms with Gasteiger partial charge in [-0.2, -0.15) is 0 Å². The highest BCUT2D eigenvalue weighted by atomic mass is 16.5. The topological polar surface area (TPSA) is 63.3 Å². The Balaban J connectivity index is 3.10. The van der Waals surface area contributed by atoms with Gasteiger partial charge in [0, 0.05) is 5.56 Å². The van der Waals surface area contributed by atoms with E-state index < -0.39 is 11.9 Å². The fourth-order valence-electron chi connectivity index (χ4n) is 1.49. The highest BCUT2D eigenvalue weighted by Crippen LogP contribution is 2.25. The van der Waals surface area contributed by atoms with Crippen LogP contribution in [0.4, 0.5) is 0 Å². The van der Waals surface area contributed by atoms with Gasteiger partial charge in [-0.05, 0) is 20.3 Å². The molecule has 0 radical (unpaired) electrons. The molecule has 0 aliphatic rings. The first-order valence-electron chi connectivity index (χ1n) is 4.23. The molecule has 0 aliphatic heterocycles. The second-order valence-electron chi connectivity index (χ2n) is 3.04. The summed E-state index contributed by atoms with van der Waals surface area (Å²) in [5.41, 5.74) is 1.39. The van der Waals surface area contributed by atoms with Crippen molar-refractivity contribution < 1.29 is 14.4 Å². The monoisotopic (exact) mass is 183 g/mol. The Morgan fingerprint density at radius 1 is 1.62 bits per heavy atom. The number of carbonyl (C=O) groups is 1. The van der Waals surface area contributed by atoms with Crippen molar-refractivity contribution in [2.24, 2.45) is 0 Å². The van der Waals surface area contributed by atoms with E-state index in [4.69, 9.17) is 9.63 Å². The molecular weight excluding hydrogens is 170 g/mol. The molecule has 1 aromatic heterocycles. The minimum Gasteiger partial charge on any atom is -0.481 e. The molecule has 0 saturated carbocycles. The largest absolute Gasteiger partial charge is 0.481 e. The Labute approximate surface area is 76.5 Å². The number of aryl methyl sites for hydroxylation is 2. The lowest BCUT2D eigenvalue weighted by atomic mass is 9.95. The molecule has 1 unspecified atom stereocenters. The van der Waals surface area contributed by atoms with E-state index in [0.29, 0.717) is 17.9 Å². The molecule has 4 heteroatoms. The number of aliphatic carboxylic acids is 1. The van der Waals surface area contributed by atoms with Gasteiger partial charge in [-0.3, -0.25) is 4.79 Å². The second kappa shape index (κ2) is 3.60. The van der Waals surface area contributed by atoms with Gasteiger partial charge < -0.3 is 9.63 Å².